The van der Waals surface area contributed by atoms with E-state index < -0.39 is 25.4 Å². The number of rotatable bonds is 3. The first kappa shape index (κ1) is 17.3. The fourth-order valence-electron chi connectivity index (χ4n) is 0.150. The second-order valence-corrected chi connectivity index (χ2v) is 1.84. The van der Waals surface area contributed by atoms with Gasteiger partial charge in [-0.05, 0) is 0 Å². The summed E-state index contributed by atoms with van der Waals surface area (Å²) in [5.74, 6) is 0. The van der Waals surface area contributed by atoms with Crippen molar-refractivity contribution in [2.75, 3.05) is 19.8 Å². The van der Waals surface area contributed by atoms with Crippen LogP contribution in [-0.4, -0.2) is 81.1 Å². The van der Waals surface area contributed by atoms with Crippen LogP contribution in [0.2, 0.25) is 0 Å². The summed E-state index contributed by atoms with van der Waals surface area (Å²) in [7, 11) is 0. The quantitative estimate of drug-likeness (QED) is 0.335. The van der Waals surface area contributed by atoms with Gasteiger partial charge in [-0.3, -0.25) is 0 Å². The van der Waals surface area contributed by atoms with Crippen molar-refractivity contribution in [2.45, 2.75) is 5.54 Å². The molecule has 0 bridgehead atoms. The molecule has 0 aromatic heterocycles. The molecule has 0 unspecified atom stereocenters. The Hall–Kier alpha value is 1.14. The van der Waals surface area contributed by atoms with Crippen molar-refractivity contribution in [3.63, 3.8) is 0 Å². The molecule has 0 rings (SSSR count). The van der Waals surface area contributed by atoms with Gasteiger partial charge in [-0.25, -0.2) is 0 Å². The fraction of sp³-hybridized carbons (Fsp3) is 1.00. The van der Waals surface area contributed by atoms with Gasteiger partial charge < -0.3 is 23.9 Å². The van der Waals surface area contributed by atoms with Gasteiger partial charge in [0.25, 0.3) is 0 Å². The minimum atomic E-state index is -1.21. The molecule has 0 amide bonds. The monoisotopic (exact) mass is 177 g/mol. The molecule has 4 nitrogen and oxygen atoms in total. The first-order chi connectivity index (χ1) is 3.68. The van der Waals surface area contributed by atoms with Gasteiger partial charge in [0.05, 0.1) is 25.4 Å². The fourth-order valence-corrected chi connectivity index (χ4v) is 0.150. The van der Waals surface area contributed by atoms with Crippen LogP contribution in [-0.2, 0) is 0 Å². The van der Waals surface area contributed by atoms with Gasteiger partial charge in [0, 0.05) is 0 Å². The van der Waals surface area contributed by atoms with Gasteiger partial charge >= 0.3 is 23.1 Å². The molecule has 10 heavy (non-hydrogen) atoms. The Morgan fingerprint density at radius 3 is 1.30 bits per heavy atom. The summed E-state index contributed by atoms with van der Waals surface area (Å²) in [4.78, 5) is 0. The number of aliphatic hydroxyl groups excluding tert-OH is 3. The first-order valence-corrected chi connectivity index (χ1v) is 2.30. The summed E-state index contributed by atoms with van der Waals surface area (Å²) < 4.78 is 0. The largest absolute Gasteiger partial charge is 2.00 e. The van der Waals surface area contributed by atoms with E-state index in [1.807, 2.05) is 0 Å². The first-order valence-electron chi connectivity index (χ1n) is 2.30. The third-order valence-electron chi connectivity index (χ3n) is 0.945. The van der Waals surface area contributed by atoms with Crippen molar-refractivity contribution >= 4 is 40.4 Å². The van der Waals surface area contributed by atoms with Crippen LogP contribution >= 0.6 is 0 Å². The van der Waals surface area contributed by atoms with Crippen LogP contribution in [0.15, 0.2) is 0 Å². The molecule has 0 aromatic rings. The van der Waals surface area contributed by atoms with E-state index in [0.29, 0.717) is 0 Å². The number of aliphatic hydroxyl groups is 3. The Labute approximate surface area is 89.7 Å². The van der Waals surface area contributed by atoms with Gasteiger partial charge in [-0.2, -0.15) is 0 Å². The Morgan fingerprint density at radius 1 is 1.10 bits per heavy atom. The smallest absolute Gasteiger partial charge is 1.00 e. The predicted molar refractivity (Wildman–Crippen MR) is 46.1 cm³/mol. The molecule has 0 atom stereocenters. The molecule has 0 aliphatic heterocycles. The maximum atomic E-state index is 8.34. The molecule has 0 aliphatic rings. The number of hydrogen-bond acceptors (Lipinski definition) is 4. The maximum Gasteiger partial charge on any atom is 2.00 e. The Kier molecular flexibility index (Phi) is 14.2. The zero-order valence-corrected chi connectivity index (χ0v) is 6.66. The molecular weight excluding hydrogens is 161 g/mol. The predicted octanol–water partition coefficient (Wildman–Crippen LogP) is -3.68. The summed E-state index contributed by atoms with van der Waals surface area (Å²) in [5, 5.41) is 25.0. The van der Waals surface area contributed by atoms with Crippen molar-refractivity contribution in [3.8, 4) is 0 Å². The molecule has 60 valence electrons. The summed E-state index contributed by atoms with van der Waals surface area (Å²) >= 11 is 0. The van der Waals surface area contributed by atoms with Gasteiger partial charge in [-0.1, -0.05) is 0 Å². The Balaban J connectivity index is -0.0000000408. The van der Waals surface area contributed by atoms with Gasteiger partial charge in [0.2, 0.25) is 0 Å². The van der Waals surface area contributed by atoms with Crippen molar-refractivity contribution in [3.05, 3.63) is 0 Å². The van der Waals surface area contributed by atoms with Gasteiger partial charge in [-0.15, -0.1) is 0 Å². The molecule has 0 fully saturated rings. The third-order valence-corrected chi connectivity index (χ3v) is 0.945. The average Bonchev–Trinajstić information content (AvgIpc) is 1.87. The molecular formula is C4H16AlMgNO3. The molecule has 0 saturated carbocycles. The van der Waals surface area contributed by atoms with E-state index in [1.54, 1.807) is 0 Å². The van der Waals surface area contributed by atoms with Gasteiger partial charge in [0.1, 0.15) is 0 Å². The van der Waals surface area contributed by atoms with Crippen molar-refractivity contribution in [1.29, 1.82) is 0 Å². The van der Waals surface area contributed by atoms with E-state index in [1.165, 1.54) is 0 Å². The number of hydrogen-bond donors (Lipinski definition) is 4. The molecule has 0 heterocycles. The van der Waals surface area contributed by atoms with Crippen LogP contribution in [0.3, 0.4) is 0 Å². The van der Waals surface area contributed by atoms with Gasteiger partial charge in [0.15, 0.2) is 17.4 Å². The van der Waals surface area contributed by atoms with Crippen LogP contribution in [0, 0.1) is 0 Å². The minimum absolute atomic E-state index is 0. The van der Waals surface area contributed by atoms with Crippen LogP contribution in [0.25, 0.3) is 0 Å². The maximum absolute atomic E-state index is 8.34. The molecule has 0 aromatic carbocycles. The topological polar surface area (TPSA) is 86.7 Å². The summed E-state index contributed by atoms with van der Waals surface area (Å²) in [6, 6.07) is 0. The molecule has 0 aliphatic carbocycles. The van der Waals surface area contributed by atoms with E-state index in [-0.39, 0.29) is 43.3 Å². The zero-order valence-electron chi connectivity index (χ0n) is 7.25. The minimum Gasteiger partial charge on any atom is -1.00 e. The second kappa shape index (κ2) is 8.24. The van der Waals surface area contributed by atoms with Crippen molar-refractivity contribution in [1.82, 2.24) is 0 Å². The third kappa shape index (κ3) is 5.89. The summed E-state index contributed by atoms with van der Waals surface area (Å²) in [5.41, 5.74) is 3.94. The average molecular weight is 177 g/mol. The molecule has 0 spiro atoms. The molecule has 0 saturated heterocycles. The summed E-state index contributed by atoms with van der Waals surface area (Å²) in [6.45, 7) is -1.21. The van der Waals surface area contributed by atoms with Crippen molar-refractivity contribution in [2.24, 2.45) is 5.73 Å². The number of nitrogens with two attached hydrogens (primary N) is 1. The van der Waals surface area contributed by atoms with Crippen LogP contribution in [0.4, 0.5) is 0 Å². The molecule has 5 N–H and O–H groups in total. The van der Waals surface area contributed by atoms with E-state index in [0.717, 1.165) is 0 Å². The normalized spacial score (nSPS) is 9.60. The SMILES string of the molecule is NC(CO)(CO)CO.[AlH3].[H-].[H-].[Mg+2]. The van der Waals surface area contributed by atoms with E-state index in [4.69, 9.17) is 21.1 Å². The van der Waals surface area contributed by atoms with Crippen LogP contribution in [0.1, 0.15) is 2.85 Å². The second-order valence-electron chi connectivity index (χ2n) is 1.84. The summed E-state index contributed by atoms with van der Waals surface area (Å²) in [6.07, 6.45) is 0. The molecule has 6 heteroatoms. The zero-order chi connectivity index (χ0) is 6.62. The van der Waals surface area contributed by atoms with E-state index in [9.17, 15) is 0 Å². The van der Waals surface area contributed by atoms with E-state index >= 15 is 0 Å². The standard InChI is InChI=1S/C4H11NO3.Al.Mg.5H/c5-4(1-6,2-7)3-8;;;;;;;/h6-8H,1-3,5H2;;;;;;;/q;;+2;;;;2*-1. The van der Waals surface area contributed by atoms with Crippen LogP contribution < -0.4 is 5.73 Å². The van der Waals surface area contributed by atoms with Crippen molar-refractivity contribution < 1.29 is 18.2 Å². The Bertz CT molecular complexity index is 71.1. The molecule has 0 radical (unpaired) electrons. The van der Waals surface area contributed by atoms with Crippen LogP contribution in [0.5, 0.6) is 0 Å². The Morgan fingerprint density at radius 2 is 1.30 bits per heavy atom. The van der Waals surface area contributed by atoms with E-state index in [2.05, 4.69) is 0 Å².